The van der Waals surface area contributed by atoms with Crippen LogP contribution in [0, 0.1) is 0 Å². The van der Waals surface area contributed by atoms with Gasteiger partial charge in [-0.1, -0.05) is 35.7 Å². The largest absolute Gasteiger partial charge is 0.462 e. The Hall–Kier alpha value is -1.41. The zero-order valence-corrected chi connectivity index (χ0v) is 17.2. The van der Waals surface area contributed by atoms with E-state index >= 15 is 0 Å². The fourth-order valence-corrected chi connectivity index (χ4v) is 5.14. The quantitative estimate of drug-likeness (QED) is 0.615. The van der Waals surface area contributed by atoms with E-state index in [2.05, 4.69) is 21.2 Å². The van der Waals surface area contributed by atoms with Gasteiger partial charge in [-0.25, -0.2) is 13.2 Å². The Labute approximate surface area is 162 Å². The van der Waals surface area contributed by atoms with Gasteiger partial charge in [0.25, 0.3) is 0 Å². The highest BCUT2D eigenvalue weighted by Gasteiger charge is 2.29. The minimum atomic E-state index is -3.25. The average molecular weight is 446 g/mol. The van der Waals surface area contributed by atoms with Gasteiger partial charge in [0.05, 0.1) is 28.9 Å². The van der Waals surface area contributed by atoms with Gasteiger partial charge in [0.2, 0.25) is 5.91 Å². The Balaban J connectivity index is 2.01. The fraction of sp³-hybridized carbons (Fsp3) is 0.556. The summed E-state index contributed by atoms with van der Waals surface area (Å²) >= 11 is 3.29. The lowest BCUT2D eigenvalue weighted by Crippen LogP contribution is -2.25. The Morgan fingerprint density at radius 2 is 1.96 bits per heavy atom. The fourth-order valence-electron chi connectivity index (χ4n) is 2.93. The molecule has 1 aliphatic rings. The van der Waals surface area contributed by atoms with E-state index in [1.807, 2.05) is 6.92 Å². The molecule has 1 aliphatic carbocycles. The number of rotatable bonds is 8. The second-order valence-electron chi connectivity index (χ2n) is 6.40. The van der Waals surface area contributed by atoms with Gasteiger partial charge in [-0.15, -0.1) is 0 Å². The molecule has 0 unspecified atom stereocenters. The molecule has 1 amide bonds. The lowest BCUT2D eigenvalue weighted by atomic mass is 10.1. The molecule has 0 bridgehead atoms. The van der Waals surface area contributed by atoms with E-state index in [0.717, 1.165) is 12.8 Å². The molecule has 0 spiro atoms. The highest BCUT2D eigenvalue weighted by molar-refractivity contribution is 9.10. The number of hydrogen-bond donors (Lipinski definition) is 1. The summed E-state index contributed by atoms with van der Waals surface area (Å²) in [7, 11) is -3.25. The first-order valence-corrected chi connectivity index (χ1v) is 11.3. The number of carbonyl (C=O) groups excluding carboxylic acids is 2. The van der Waals surface area contributed by atoms with Crippen molar-refractivity contribution >= 4 is 43.3 Å². The topological polar surface area (TPSA) is 89.5 Å². The molecule has 8 heteroatoms. The standard InChI is InChI=1S/C18H24BrNO5S/c1-2-10-25-18(22)15-12-13(19)7-8-16(15)20-17(21)9-11-26(23,24)14-5-3-4-6-14/h7-8,12,14H,2-6,9-11H2,1H3,(H,20,21). The molecular weight excluding hydrogens is 422 g/mol. The molecule has 0 heterocycles. The molecule has 1 N–H and O–H groups in total. The van der Waals surface area contributed by atoms with E-state index in [9.17, 15) is 18.0 Å². The van der Waals surface area contributed by atoms with Crippen molar-refractivity contribution < 1.29 is 22.7 Å². The number of carbonyl (C=O) groups is 2. The van der Waals surface area contributed by atoms with Crippen molar-refractivity contribution in [2.24, 2.45) is 0 Å². The minimum absolute atomic E-state index is 0.127. The van der Waals surface area contributed by atoms with Crippen LogP contribution in [0.1, 0.15) is 55.8 Å². The van der Waals surface area contributed by atoms with E-state index < -0.39 is 21.7 Å². The first-order chi connectivity index (χ1) is 12.3. The lowest BCUT2D eigenvalue weighted by Gasteiger charge is -2.13. The molecule has 1 aromatic rings. The lowest BCUT2D eigenvalue weighted by molar-refractivity contribution is -0.115. The van der Waals surface area contributed by atoms with Crippen LogP contribution >= 0.6 is 15.9 Å². The Morgan fingerprint density at radius 1 is 1.27 bits per heavy atom. The summed E-state index contributed by atoms with van der Waals surface area (Å²) in [5.74, 6) is -1.13. The number of ether oxygens (including phenoxy) is 1. The van der Waals surface area contributed by atoms with Gasteiger partial charge in [-0.3, -0.25) is 4.79 Å². The highest BCUT2D eigenvalue weighted by Crippen LogP contribution is 2.26. The molecular formula is C18H24BrNO5S. The summed E-state index contributed by atoms with van der Waals surface area (Å²) in [6.07, 6.45) is 3.80. The predicted octanol–water partition coefficient (Wildman–Crippen LogP) is 3.70. The number of benzene rings is 1. The van der Waals surface area contributed by atoms with Crippen molar-refractivity contribution in [2.75, 3.05) is 17.7 Å². The number of amides is 1. The van der Waals surface area contributed by atoms with Crippen molar-refractivity contribution in [1.29, 1.82) is 0 Å². The van der Waals surface area contributed by atoms with Gasteiger partial charge in [0, 0.05) is 10.9 Å². The molecule has 26 heavy (non-hydrogen) atoms. The van der Waals surface area contributed by atoms with Crippen molar-refractivity contribution in [3.8, 4) is 0 Å². The van der Waals surface area contributed by atoms with Crippen molar-refractivity contribution in [1.82, 2.24) is 0 Å². The smallest absolute Gasteiger partial charge is 0.340 e. The van der Waals surface area contributed by atoms with E-state index in [0.29, 0.717) is 36.0 Å². The molecule has 2 rings (SSSR count). The van der Waals surface area contributed by atoms with Crippen LogP contribution in [0.5, 0.6) is 0 Å². The summed E-state index contributed by atoms with van der Waals surface area (Å²) in [5.41, 5.74) is 0.553. The molecule has 0 saturated heterocycles. The second kappa shape index (κ2) is 9.50. The molecule has 0 radical (unpaired) electrons. The maximum Gasteiger partial charge on any atom is 0.340 e. The third kappa shape index (κ3) is 5.81. The summed E-state index contributed by atoms with van der Waals surface area (Å²) < 4.78 is 30.3. The van der Waals surface area contributed by atoms with Crippen LogP contribution in [0.2, 0.25) is 0 Å². The van der Waals surface area contributed by atoms with E-state index in [1.54, 1.807) is 18.2 Å². The van der Waals surface area contributed by atoms with E-state index in [4.69, 9.17) is 4.74 Å². The Bertz CT molecular complexity index is 757. The monoisotopic (exact) mass is 445 g/mol. The number of halogens is 1. The van der Waals surface area contributed by atoms with Crippen LogP contribution in [-0.2, 0) is 19.4 Å². The molecule has 1 aromatic carbocycles. The Morgan fingerprint density at radius 3 is 2.62 bits per heavy atom. The summed E-state index contributed by atoms with van der Waals surface area (Å²) in [5, 5.41) is 2.32. The van der Waals surface area contributed by atoms with Crippen LogP contribution in [-0.4, -0.2) is 37.9 Å². The number of sulfone groups is 1. The van der Waals surface area contributed by atoms with Gasteiger partial charge >= 0.3 is 5.97 Å². The van der Waals surface area contributed by atoms with Crippen LogP contribution in [0.3, 0.4) is 0 Å². The molecule has 0 aliphatic heterocycles. The summed E-state index contributed by atoms with van der Waals surface area (Å²) in [4.78, 5) is 24.4. The first-order valence-electron chi connectivity index (χ1n) is 8.81. The third-order valence-electron chi connectivity index (χ3n) is 4.34. The summed E-state index contributed by atoms with van der Waals surface area (Å²) in [6.45, 7) is 2.18. The van der Waals surface area contributed by atoms with Gasteiger partial charge in [-0.2, -0.15) is 0 Å². The Kier molecular flexibility index (Phi) is 7.64. The first kappa shape index (κ1) is 20.9. The van der Waals surface area contributed by atoms with Crippen LogP contribution < -0.4 is 5.32 Å². The van der Waals surface area contributed by atoms with Crippen molar-refractivity contribution in [3.63, 3.8) is 0 Å². The van der Waals surface area contributed by atoms with E-state index in [-0.39, 0.29) is 23.0 Å². The number of nitrogens with one attached hydrogen (secondary N) is 1. The highest BCUT2D eigenvalue weighted by atomic mass is 79.9. The van der Waals surface area contributed by atoms with Gasteiger partial charge in [-0.05, 0) is 37.5 Å². The normalized spacial score (nSPS) is 15.0. The SMILES string of the molecule is CCCOC(=O)c1cc(Br)ccc1NC(=O)CCS(=O)(=O)C1CCCC1. The zero-order chi connectivity index (χ0) is 19.2. The maximum absolute atomic E-state index is 12.3. The molecule has 6 nitrogen and oxygen atoms in total. The molecule has 0 aromatic heterocycles. The zero-order valence-electron chi connectivity index (χ0n) is 14.8. The van der Waals surface area contributed by atoms with E-state index in [1.165, 1.54) is 0 Å². The van der Waals surface area contributed by atoms with Crippen LogP contribution in [0.4, 0.5) is 5.69 Å². The van der Waals surface area contributed by atoms with Gasteiger partial charge in [0.15, 0.2) is 9.84 Å². The van der Waals surface area contributed by atoms with Crippen LogP contribution in [0.15, 0.2) is 22.7 Å². The van der Waals surface area contributed by atoms with Crippen molar-refractivity contribution in [2.45, 2.75) is 50.7 Å². The predicted molar refractivity (Wildman–Crippen MR) is 104 cm³/mol. The van der Waals surface area contributed by atoms with Crippen LogP contribution in [0.25, 0.3) is 0 Å². The second-order valence-corrected chi connectivity index (χ2v) is 9.71. The summed E-state index contributed by atoms with van der Waals surface area (Å²) in [6, 6.07) is 4.86. The number of anilines is 1. The maximum atomic E-state index is 12.3. The number of esters is 1. The molecule has 1 fully saturated rings. The minimum Gasteiger partial charge on any atom is -0.462 e. The number of hydrogen-bond acceptors (Lipinski definition) is 5. The molecule has 0 atom stereocenters. The van der Waals surface area contributed by atoms with Crippen molar-refractivity contribution in [3.05, 3.63) is 28.2 Å². The van der Waals surface area contributed by atoms with Gasteiger partial charge in [0.1, 0.15) is 0 Å². The van der Waals surface area contributed by atoms with Gasteiger partial charge < -0.3 is 10.1 Å². The average Bonchev–Trinajstić information content (AvgIpc) is 3.15. The molecule has 1 saturated carbocycles. The molecule has 144 valence electrons. The third-order valence-corrected chi connectivity index (χ3v) is 7.09.